The lowest BCUT2D eigenvalue weighted by Crippen LogP contribution is -2.34. The quantitative estimate of drug-likeness (QED) is 0.623. The molecule has 4 nitrogen and oxygen atoms in total. The molecular formula is C13H23ClN2O2S. The normalized spacial score (nSPS) is 13.1. The lowest BCUT2D eigenvalue weighted by Gasteiger charge is -2.29. The molecule has 1 atom stereocenters. The van der Waals surface area contributed by atoms with Gasteiger partial charge >= 0.3 is 0 Å². The first-order chi connectivity index (χ1) is 9.26. The Bertz CT molecular complexity index is 341. The van der Waals surface area contributed by atoms with Crippen molar-refractivity contribution in [3.8, 4) is 0 Å². The van der Waals surface area contributed by atoms with Crippen LogP contribution in [0.5, 0.6) is 0 Å². The Hall–Kier alpha value is -0.200. The van der Waals surface area contributed by atoms with E-state index in [4.69, 9.17) is 21.1 Å². The molecule has 0 aromatic carbocycles. The Balaban J connectivity index is 2.75. The fraction of sp³-hybridized carbons (Fsp3) is 0.769. The number of thiazole rings is 1. The molecule has 0 aliphatic heterocycles. The van der Waals surface area contributed by atoms with E-state index in [0.717, 1.165) is 30.2 Å². The SMILES string of the molecule is CCC(c1nc(CCl)cs1)N(CCOC)CCOC. The summed E-state index contributed by atoms with van der Waals surface area (Å²) < 4.78 is 10.4. The van der Waals surface area contributed by atoms with Gasteiger partial charge in [-0.15, -0.1) is 22.9 Å². The number of nitrogens with zero attached hydrogens (tertiary/aromatic N) is 2. The van der Waals surface area contributed by atoms with Crippen LogP contribution >= 0.6 is 22.9 Å². The molecule has 1 rings (SSSR count). The molecule has 19 heavy (non-hydrogen) atoms. The first kappa shape index (κ1) is 16.9. The second kappa shape index (κ2) is 9.66. The van der Waals surface area contributed by atoms with E-state index in [1.54, 1.807) is 25.6 Å². The van der Waals surface area contributed by atoms with Crippen molar-refractivity contribution >= 4 is 22.9 Å². The van der Waals surface area contributed by atoms with Crippen molar-refractivity contribution in [2.75, 3.05) is 40.5 Å². The van der Waals surface area contributed by atoms with Crippen molar-refractivity contribution < 1.29 is 9.47 Å². The van der Waals surface area contributed by atoms with E-state index in [9.17, 15) is 0 Å². The second-order valence-corrected chi connectivity index (χ2v) is 5.41. The van der Waals surface area contributed by atoms with E-state index in [1.165, 1.54) is 0 Å². The van der Waals surface area contributed by atoms with Crippen LogP contribution in [0.15, 0.2) is 5.38 Å². The molecule has 0 saturated heterocycles. The predicted molar refractivity (Wildman–Crippen MR) is 80.0 cm³/mol. The molecule has 0 radical (unpaired) electrons. The van der Waals surface area contributed by atoms with Crippen LogP contribution in [0.25, 0.3) is 0 Å². The molecule has 0 bridgehead atoms. The van der Waals surface area contributed by atoms with Crippen LogP contribution < -0.4 is 0 Å². The molecule has 1 heterocycles. The number of hydrogen-bond donors (Lipinski definition) is 0. The first-order valence-electron chi connectivity index (χ1n) is 6.49. The van der Waals surface area contributed by atoms with Gasteiger partial charge in [0.1, 0.15) is 5.01 Å². The Morgan fingerprint density at radius 1 is 1.32 bits per heavy atom. The standard InChI is InChI=1S/C13H23ClN2O2S/c1-4-12(13-15-11(9-14)10-19-13)16(5-7-17-2)6-8-18-3/h10,12H,4-9H2,1-3H3. The summed E-state index contributed by atoms with van der Waals surface area (Å²) in [4.78, 5) is 6.97. The van der Waals surface area contributed by atoms with Gasteiger partial charge in [-0.3, -0.25) is 4.90 Å². The minimum atomic E-state index is 0.312. The van der Waals surface area contributed by atoms with Gasteiger partial charge in [-0.25, -0.2) is 4.98 Å². The Morgan fingerprint density at radius 3 is 2.37 bits per heavy atom. The number of ether oxygens (including phenoxy) is 2. The first-order valence-corrected chi connectivity index (χ1v) is 7.90. The summed E-state index contributed by atoms with van der Waals surface area (Å²) in [5, 5.41) is 3.17. The maximum absolute atomic E-state index is 5.83. The van der Waals surface area contributed by atoms with E-state index in [2.05, 4.69) is 16.8 Å². The molecule has 0 aliphatic rings. The average Bonchev–Trinajstić information content (AvgIpc) is 2.90. The number of rotatable bonds is 10. The summed E-state index contributed by atoms with van der Waals surface area (Å²) in [6.07, 6.45) is 1.02. The van der Waals surface area contributed by atoms with Gasteiger partial charge in [0.2, 0.25) is 0 Å². The van der Waals surface area contributed by atoms with Crippen LogP contribution in [-0.4, -0.2) is 50.4 Å². The topological polar surface area (TPSA) is 34.6 Å². The number of methoxy groups -OCH3 is 2. The zero-order valence-corrected chi connectivity index (χ0v) is 13.5. The van der Waals surface area contributed by atoms with Crippen LogP contribution in [-0.2, 0) is 15.4 Å². The highest BCUT2D eigenvalue weighted by molar-refractivity contribution is 7.09. The molecule has 0 amide bonds. The third kappa shape index (κ3) is 5.36. The van der Waals surface area contributed by atoms with E-state index in [-0.39, 0.29) is 0 Å². The van der Waals surface area contributed by atoms with E-state index < -0.39 is 0 Å². The van der Waals surface area contributed by atoms with Crippen molar-refractivity contribution in [2.24, 2.45) is 0 Å². The predicted octanol–water partition coefficient (Wildman–Crippen LogP) is 2.93. The zero-order chi connectivity index (χ0) is 14.1. The average molecular weight is 307 g/mol. The van der Waals surface area contributed by atoms with Gasteiger partial charge in [0.05, 0.1) is 30.8 Å². The van der Waals surface area contributed by atoms with Crippen LogP contribution in [0.4, 0.5) is 0 Å². The summed E-state index contributed by atoms with van der Waals surface area (Å²) in [6, 6.07) is 0.312. The molecule has 1 aromatic rings. The summed E-state index contributed by atoms with van der Waals surface area (Å²) >= 11 is 7.51. The number of alkyl halides is 1. The Labute approximate surface area is 124 Å². The molecule has 0 aliphatic carbocycles. The maximum Gasteiger partial charge on any atom is 0.110 e. The Morgan fingerprint density at radius 2 is 1.95 bits per heavy atom. The van der Waals surface area contributed by atoms with E-state index in [1.807, 2.05) is 5.38 Å². The van der Waals surface area contributed by atoms with Crippen LogP contribution in [0.2, 0.25) is 0 Å². The molecule has 1 unspecified atom stereocenters. The van der Waals surface area contributed by atoms with Crippen molar-refractivity contribution in [2.45, 2.75) is 25.3 Å². The van der Waals surface area contributed by atoms with Gasteiger partial charge in [-0.2, -0.15) is 0 Å². The highest BCUT2D eigenvalue weighted by atomic mass is 35.5. The lowest BCUT2D eigenvalue weighted by atomic mass is 10.2. The van der Waals surface area contributed by atoms with Crippen molar-refractivity contribution in [1.82, 2.24) is 9.88 Å². The van der Waals surface area contributed by atoms with Gasteiger partial charge in [0.15, 0.2) is 0 Å². The van der Waals surface area contributed by atoms with Gasteiger partial charge in [0, 0.05) is 32.7 Å². The highest BCUT2D eigenvalue weighted by Gasteiger charge is 2.21. The monoisotopic (exact) mass is 306 g/mol. The van der Waals surface area contributed by atoms with Crippen molar-refractivity contribution in [3.63, 3.8) is 0 Å². The largest absolute Gasteiger partial charge is 0.383 e. The maximum atomic E-state index is 5.83. The van der Waals surface area contributed by atoms with Crippen molar-refractivity contribution in [3.05, 3.63) is 16.1 Å². The zero-order valence-electron chi connectivity index (χ0n) is 11.9. The molecule has 0 fully saturated rings. The summed E-state index contributed by atoms with van der Waals surface area (Å²) in [5.41, 5.74) is 0.957. The molecular weight excluding hydrogens is 284 g/mol. The van der Waals surface area contributed by atoms with Crippen LogP contribution in [0.3, 0.4) is 0 Å². The van der Waals surface area contributed by atoms with Gasteiger partial charge < -0.3 is 9.47 Å². The summed E-state index contributed by atoms with van der Waals surface area (Å²) in [6.45, 7) is 5.38. The molecule has 110 valence electrons. The second-order valence-electron chi connectivity index (χ2n) is 4.26. The summed E-state index contributed by atoms with van der Waals surface area (Å²) in [5.74, 6) is 0.475. The van der Waals surface area contributed by atoms with Crippen LogP contribution in [0.1, 0.15) is 30.1 Å². The van der Waals surface area contributed by atoms with E-state index in [0.29, 0.717) is 25.1 Å². The van der Waals surface area contributed by atoms with E-state index >= 15 is 0 Å². The molecule has 0 saturated carbocycles. The van der Waals surface area contributed by atoms with Gasteiger partial charge in [-0.05, 0) is 6.42 Å². The molecule has 0 N–H and O–H groups in total. The summed E-state index contributed by atoms with van der Waals surface area (Å²) in [7, 11) is 3.45. The van der Waals surface area contributed by atoms with Gasteiger partial charge in [-0.1, -0.05) is 6.92 Å². The molecule has 1 aromatic heterocycles. The molecule has 0 spiro atoms. The molecule has 6 heteroatoms. The van der Waals surface area contributed by atoms with Gasteiger partial charge in [0.25, 0.3) is 0 Å². The third-order valence-electron chi connectivity index (χ3n) is 2.98. The lowest BCUT2D eigenvalue weighted by molar-refractivity contribution is 0.0854. The number of aromatic nitrogens is 1. The highest BCUT2D eigenvalue weighted by Crippen LogP contribution is 2.27. The number of hydrogen-bond acceptors (Lipinski definition) is 5. The minimum absolute atomic E-state index is 0.312. The smallest absolute Gasteiger partial charge is 0.110 e. The third-order valence-corrected chi connectivity index (χ3v) is 4.25. The van der Waals surface area contributed by atoms with Crippen LogP contribution in [0, 0.1) is 0 Å². The number of halogens is 1. The fourth-order valence-electron chi connectivity index (χ4n) is 1.97. The van der Waals surface area contributed by atoms with Crippen molar-refractivity contribution in [1.29, 1.82) is 0 Å². The minimum Gasteiger partial charge on any atom is -0.383 e. The fourth-order valence-corrected chi connectivity index (χ4v) is 3.23. The Kier molecular flexibility index (Phi) is 8.57.